The molecule has 3 aliphatic carbocycles. The van der Waals surface area contributed by atoms with Gasteiger partial charge < -0.3 is 14.6 Å². The molecule has 0 aromatic heterocycles. The van der Waals surface area contributed by atoms with E-state index < -0.39 is 6.10 Å². The van der Waals surface area contributed by atoms with Gasteiger partial charge in [-0.2, -0.15) is 0 Å². The first-order valence-corrected chi connectivity index (χ1v) is 8.57. The Hall–Kier alpha value is -1.52. The van der Waals surface area contributed by atoms with Crippen molar-refractivity contribution in [1.82, 2.24) is 4.90 Å². The average molecular weight is 311 g/mol. The van der Waals surface area contributed by atoms with Crippen LogP contribution in [0.4, 0.5) is 0 Å². The molecule has 0 amide bonds. The lowest BCUT2D eigenvalue weighted by Crippen LogP contribution is -2.61. The SMILES string of the molecule is COc1ccc2c3c1O[C@H]1[C@@H](O)CC=C4C5N(C)CC5(C2)C[C@]431. The van der Waals surface area contributed by atoms with Crippen LogP contribution in [0.5, 0.6) is 11.5 Å². The molecule has 2 spiro atoms. The van der Waals surface area contributed by atoms with Crippen molar-refractivity contribution < 1.29 is 14.6 Å². The molecule has 2 aliphatic heterocycles. The number of hydrogen-bond donors (Lipinski definition) is 1. The number of aliphatic hydroxyl groups excluding tert-OH is 1. The summed E-state index contributed by atoms with van der Waals surface area (Å²) < 4.78 is 11.9. The fraction of sp³-hybridized carbons (Fsp3) is 0.579. The highest BCUT2D eigenvalue weighted by Gasteiger charge is 2.74. The number of benzene rings is 1. The van der Waals surface area contributed by atoms with Crippen molar-refractivity contribution in [2.75, 3.05) is 20.7 Å². The van der Waals surface area contributed by atoms with Gasteiger partial charge in [0.05, 0.1) is 18.6 Å². The molecule has 23 heavy (non-hydrogen) atoms. The van der Waals surface area contributed by atoms with Crippen LogP contribution in [0.25, 0.3) is 0 Å². The molecule has 1 aromatic carbocycles. The maximum atomic E-state index is 10.7. The van der Waals surface area contributed by atoms with Gasteiger partial charge in [-0.25, -0.2) is 0 Å². The summed E-state index contributed by atoms with van der Waals surface area (Å²) in [5.74, 6) is 1.70. The third-order valence-electron chi connectivity index (χ3n) is 7.10. The number of aliphatic hydroxyl groups is 1. The lowest BCUT2D eigenvalue weighted by molar-refractivity contribution is -0.0278. The fourth-order valence-electron chi connectivity index (χ4n) is 6.70. The molecule has 2 unspecified atom stereocenters. The molecule has 0 radical (unpaired) electrons. The molecule has 4 nitrogen and oxygen atoms in total. The standard InChI is InChI=1S/C19H21NO3/c1-20-9-18-7-10-3-6-13(22-2)15-14(10)19(8-18)11(16(18)20)4-5-12(21)17(19)23-15/h3-4,6,12,16-17,21H,5,7-9H2,1-2H3/t12-,16?,17-,18?,19-/m0/s1. The Morgan fingerprint density at radius 1 is 1.39 bits per heavy atom. The number of methoxy groups -OCH3 is 1. The second kappa shape index (κ2) is 3.60. The first kappa shape index (κ1) is 12.8. The zero-order valence-electron chi connectivity index (χ0n) is 13.5. The Balaban J connectivity index is 1.70. The molecule has 2 fully saturated rings. The van der Waals surface area contributed by atoms with Gasteiger partial charge in [0.1, 0.15) is 6.10 Å². The summed E-state index contributed by atoms with van der Waals surface area (Å²) in [7, 11) is 3.93. The molecule has 1 saturated carbocycles. The Labute approximate surface area is 135 Å². The molecule has 1 aromatic rings. The summed E-state index contributed by atoms with van der Waals surface area (Å²) in [4.78, 5) is 2.48. The van der Waals surface area contributed by atoms with Crippen molar-refractivity contribution in [2.45, 2.75) is 42.9 Å². The van der Waals surface area contributed by atoms with E-state index in [-0.39, 0.29) is 11.5 Å². The van der Waals surface area contributed by atoms with Gasteiger partial charge in [0, 0.05) is 23.6 Å². The minimum atomic E-state index is -0.429. The second-order valence-corrected chi connectivity index (χ2v) is 8.14. The molecular formula is C19H21NO3. The number of ether oxygens (including phenoxy) is 2. The minimum absolute atomic E-state index is 0.120. The van der Waals surface area contributed by atoms with Gasteiger partial charge in [0.25, 0.3) is 0 Å². The monoisotopic (exact) mass is 311 g/mol. The highest BCUT2D eigenvalue weighted by Crippen LogP contribution is 2.72. The van der Waals surface area contributed by atoms with Crippen LogP contribution in [0.15, 0.2) is 23.8 Å². The summed E-state index contributed by atoms with van der Waals surface area (Å²) in [5.41, 5.74) is 4.46. The van der Waals surface area contributed by atoms with E-state index in [4.69, 9.17) is 9.47 Å². The van der Waals surface area contributed by atoms with Crippen LogP contribution in [0.1, 0.15) is 24.0 Å². The van der Waals surface area contributed by atoms with E-state index in [1.807, 2.05) is 6.07 Å². The first-order chi connectivity index (χ1) is 11.1. The largest absolute Gasteiger partial charge is 0.493 e. The maximum absolute atomic E-state index is 10.7. The fourth-order valence-corrected chi connectivity index (χ4v) is 6.70. The number of fused-ring (bicyclic) bond motifs is 1. The Bertz CT molecular complexity index is 787. The van der Waals surface area contributed by atoms with E-state index in [1.165, 1.54) is 16.7 Å². The van der Waals surface area contributed by atoms with Crippen molar-refractivity contribution in [3.63, 3.8) is 0 Å². The summed E-state index contributed by atoms with van der Waals surface area (Å²) in [6, 6.07) is 4.78. The summed E-state index contributed by atoms with van der Waals surface area (Å²) >= 11 is 0. The average Bonchev–Trinajstić information content (AvgIpc) is 2.96. The molecule has 120 valence electrons. The van der Waals surface area contributed by atoms with E-state index in [9.17, 15) is 5.11 Å². The highest BCUT2D eigenvalue weighted by molar-refractivity contribution is 5.68. The lowest BCUT2D eigenvalue weighted by Gasteiger charge is -2.53. The predicted molar refractivity (Wildman–Crippen MR) is 85.0 cm³/mol. The molecular weight excluding hydrogens is 290 g/mol. The maximum Gasteiger partial charge on any atom is 0.166 e. The smallest absolute Gasteiger partial charge is 0.166 e. The highest BCUT2D eigenvalue weighted by atomic mass is 16.5. The predicted octanol–water partition coefficient (Wildman–Crippen LogP) is 1.65. The third kappa shape index (κ3) is 1.14. The van der Waals surface area contributed by atoms with Gasteiger partial charge in [0.2, 0.25) is 0 Å². The second-order valence-electron chi connectivity index (χ2n) is 8.14. The van der Waals surface area contributed by atoms with E-state index in [2.05, 4.69) is 24.1 Å². The zero-order chi connectivity index (χ0) is 15.6. The van der Waals surface area contributed by atoms with Gasteiger partial charge >= 0.3 is 0 Å². The molecule has 2 heterocycles. The van der Waals surface area contributed by atoms with Gasteiger partial charge in [0.15, 0.2) is 11.5 Å². The van der Waals surface area contributed by atoms with Crippen molar-refractivity contribution >= 4 is 0 Å². The number of likely N-dealkylation sites (N-methyl/N-ethyl adjacent to an activating group) is 1. The summed E-state index contributed by atoms with van der Waals surface area (Å²) in [6.07, 6.45) is 4.68. The van der Waals surface area contributed by atoms with E-state index in [1.54, 1.807) is 7.11 Å². The van der Waals surface area contributed by atoms with E-state index >= 15 is 0 Å². The molecule has 5 atom stereocenters. The summed E-state index contributed by atoms with van der Waals surface area (Å²) in [5, 5.41) is 10.7. The van der Waals surface area contributed by atoms with Gasteiger partial charge in [-0.3, -0.25) is 4.90 Å². The normalized spacial score (nSPS) is 44.8. The minimum Gasteiger partial charge on any atom is -0.493 e. The number of hydrogen-bond acceptors (Lipinski definition) is 4. The van der Waals surface area contributed by atoms with Gasteiger partial charge in [-0.05, 0) is 43.5 Å². The molecule has 1 N–H and O–H groups in total. The van der Waals surface area contributed by atoms with Crippen LogP contribution < -0.4 is 9.47 Å². The lowest BCUT2D eigenvalue weighted by atomic mass is 9.60. The van der Waals surface area contributed by atoms with Crippen molar-refractivity contribution in [1.29, 1.82) is 0 Å². The van der Waals surface area contributed by atoms with E-state index in [0.717, 1.165) is 30.9 Å². The van der Waals surface area contributed by atoms with Crippen molar-refractivity contribution in [3.8, 4) is 11.5 Å². The van der Waals surface area contributed by atoms with Crippen LogP contribution in [-0.4, -0.2) is 49.0 Å². The van der Waals surface area contributed by atoms with Crippen molar-refractivity contribution in [3.05, 3.63) is 34.9 Å². The molecule has 4 heteroatoms. The number of nitrogens with zero attached hydrogens (tertiary/aromatic N) is 1. The topological polar surface area (TPSA) is 41.9 Å². The summed E-state index contributed by atoms with van der Waals surface area (Å²) in [6.45, 7) is 1.15. The zero-order valence-corrected chi connectivity index (χ0v) is 13.5. The van der Waals surface area contributed by atoms with Crippen LogP contribution in [0.3, 0.4) is 0 Å². The quantitative estimate of drug-likeness (QED) is 0.801. The van der Waals surface area contributed by atoms with Crippen LogP contribution in [-0.2, 0) is 11.8 Å². The molecule has 5 aliphatic rings. The van der Waals surface area contributed by atoms with Crippen LogP contribution >= 0.6 is 0 Å². The van der Waals surface area contributed by atoms with Crippen LogP contribution in [0.2, 0.25) is 0 Å². The Morgan fingerprint density at radius 3 is 3.04 bits per heavy atom. The molecule has 6 rings (SSSR count). The van der Waals surface area contributed by atoms with Crippen LogP contribution in [0, 0.1) is 5.41 Å². The number of rotatable bonds is 1. The Morgan fingerprint density at radius 2 is 2.26 bits per heavy atom. The first-order valence-electron chi connectivity index (χ1n) is 8.57. The third-order valence-corrected chi connectivity index (χ3v) is 7.10. The number of likely N-dealkylation sites (tertiary alicyclic amines) is 1. The molecule has 2 bridgehead atoms. The van der Waals surface area contributed by atoms with Gasteiger partial charge in [-0.15, -0.1) is 0 Å². The van der Waals surface area contributed by atoms with Crippen molar-refractivity contribution in [2.24, 2.45) is 5.41 Å². The molecule has 1 saturated heterocycles. The van der Waals surface area contributed by atoms with E-state index in [0.29, 0.717) is 17.9 Å². The van der Waals surface area contributed by atoms with Gasteiger partial charge in [-0.1, -0.05) is 12.1 Å². The Kier molecular flexibility index (Phi) is 2.01.